The number of carboxylic acids is 1. The van der Waals surface area contributed by atoms with Crippen LogP contribution in [0.5, 0.6) is 0 Å². The van der Waals surface area contributed by atoms with Crippen LogP contribution in [-0.4, -0.2) is 150 Å². The zero-order valence-electron chi connectivity index (χ0n) is 40.7. The maximum Gasteiger partial charge on any atom is 0.356 e. The highest BCUT2D eigenvalue weighted by atomic mass is 19.3. The summed E-state index contributed by atoms with van der Waals surface area (Å²) in [5, 5.41) is 39.1. The zero-order valence-corrected chi connectivity index (χ0v) is 40.7. The van der Waals surface area contributed by atoms with Crippen LogP contribution in [0.1, 0.15) is 106 Å². The first-order chi connectivity index (χ1) is 34.9. The summed E-state index contributed by atoms with van der Waals surface area (Å²) < 4.78 is 88.8. The van der Waals surface area contributed by atoms with E-state index in [1.165, 1.54) is 33.8 Å². The molecule has 4 saturated heterocycles. The van der Waals surface area contributed by atoms with E-state index >= 15 is 0 Å². The summed E-state index contributed by atoms with van der Waals surface area (Å²) in [6.45, 7) is 2.04. The third kappa shape index (κ3) is 12.1. The Hall–Kier alpha value is -5.80. The van der Waals surface area contributed by atoms with Gasteiger partial charge in [-0.25, -0.2) is 31.1 Å². The molecule has 0 saturated carbocycles. The summed E-state index contributed by atoms with van der Waals surface area (Å²) in [6, 6.07) is 15.6. The summed E-state index contributed by atoms with van der Waals surface area (Å²) in [5.74, 6) is -9.38. The maximum absolute atomic E-state index is 15.0. The summed E-state index contributed by atoms with van der Waals surface area (Å²) in [6.07, 6.45) is 1.67. The smallest absolute Gasteiger partial charge is 0.356 e. The minimum Gasteiger partial charge on any atom is -0.476 e. The molecule has 15 nitrogen and oxygen atoms in total. The van der Waals surface area contributed by atoms with E-state index in [1.54, 1.807) is 50.9 Å². The molecular formula is C52H64F6N8O7. The Balaban J connectivity index is 0.000000172. The number of alkyl halides is 6. The van der Waals surface area contributed by atoms with Gasteiger partial charge in [0, 0.05) is 84.7 Å². The number of fused-ring (bicyclic) bond motifs is 2. The topological polar surface area (TPSA) is 186 Å². The molecule has 2 aromatic carbocycles. The number of aliphatic hydroxyl groups is 2. The lowest BCUT2D eigenvalue weighted by molar-refractivity contribution is -0.138. The first kappa shape index (κ1) is 53.5. The Kier molecular flexibility index (Phi) is 17.0. The van der Waals surface area contributed by atoms with Gasteiger partial charge in [-0.2, -0.15) is 10.2 Å². The number of carboxylic acid groups (broad SMARTS) is 1. The van der Waals surface area contributed by atoms with E-state index in [4.69, 9.17) is 5.11 Å². The first-order valence-corrected chi connectivity index (χ1v) is 25.4. The number of nitrogens with one attached hydrogen (secondary N) is 1. The minimum atomic E-state index is -2.95. The van der Waals surface area contributed by atoms with Gasteiger partial charge in [0.05, 0.1) is 18.8 Å². The summed E-state index contributed by atoms with van der Waals surface area (Å²) >= 11 is 0. The second-order valence-corrected chi connectivity index (χ2v) is 19.9. The second-order valence-electron chi connectivity index (χ2n) is 19.9. The van der Waals surface area contributed by atoms with Gasteiger partial charge in [-0.3, -0.25) is 23.7 Å². The summed E-state index contributed by atoms with van der Waals surface area (Å²) in [7, 11) is 0. The van der Waals surface area contributed by atoms with E-state index in [-0.39, 0.29) is 125 Å². The highest BCUT2D eigenvalue weighted by Gasteiger charge is 2.45. The number of hydrogen-bond acceptors (Lipinski definition) is 9. The number of aliphatic hydroxyl groups excluding tert-OH is 2. The van der Waals surface area contributed by atoms with Gasteiger partial charge < -0.3 is 35.3 Å². The minimum absolute atomic E-state index is 0.00127. The molecule has 396 valence electrons. The van der Waals surface area contributed by atoms with Crippen LogP contribution in [-0.2, 0) is 60.2 Å². The van der Waals surface area contributed by atoms with Gasteiger partial charge >= 0.3 is 5.97 Å². The lowest BCUT2D eigenvalue weighted by atomic mass is 9.86. The largest absolute Gasteiger partial charge is 0.476 e. The number of carbonyl (C=O) groups is 4. The molecule has 6 heterocycles. The van der Waals surface area contributed by atoms with Gasteiger partial charge in [0.15, 0.2) is 11.4 Å². The van der Waals surface area contributed by atoms with E-state index in [0.29, 0.717) is 44.2 Å². The quantitative estimate of drug-likeness (QED) is 0.143. The molecule has 0 unspecified atom stereocenters. The summed E-state index contributed by atoms with van der Waals surface area (Å²) in [5.41, 5.74) is 3.44. The number of aromatic nitrogens is 4. The Labute approximate surface area is 419 Å². The highest BCUT2D eigenvalue weighted by molar-refractivity contribution is 5.94. The van der Waals surface area contributed by atoms with Crippen molar-refractivity contribution in [2.75, 3.05) is 52.4 Å². The van der Waals surface area contributed by atoms with Crippen LogP contribution in [0.15, 0.2) is 60.7 Å². The summed E-state index contributed by atoms with van der Waals surface area (Å²) in [4.78, 5) is 54.8. The van der Waals surface area contributed by atoms with Gasteiger partial charge in [0.2, 0.25) is 11.8 Å². The number of hydrogen-bond donors (Lipinski definition) is 4. The van der Waals surface area contributed by atoms with Crippen molar-refractivity contribution >= 4 is 23.7 Å². The van der Waals surface area contributed by atoms with Gasteiger partial charge in [-0.05, 0) is 83.6 Å². The monoisotopic (exact) mass is 1030 g/mol. The fraction of sp³-hybridized carbons (Fsp3) is 0.577. The molecule has 4 fully saturated rings. The zero-order chi connectivity index (χ0) is 52.0. The number of aromatic carboxylic acids is 1. The van der Waals surface area contributed by atoms with Crippen LogP contribution in [0.25, 0.3) is 0 Å². The second kappa shape index (κ2) is 23.2. The number of piperidine rings is 4. The number of likely N-dealkylation sites (tertiary alicyclic amines) is 3. The Morgan fingerprint density at radius 3 is 1.45 bits per heavy atom. The maximum atomic E-state index is 15.0. The molecular weight excluding hydrogens is 963 g/mol. The molecule has 0 radical (unpaired) electrons. The molecule has 21 heteroatoms. The SMILES string of the molecule is O=C(Cn1nc(C(=O)N2CC[C@H](O)[C@@H](F)C2)c2c1CCC2)N1CCC(C(F)(F)c2ccccc2)CC1.O=C(O)c1nn(CC(=O)N2CCC(C(F)(F)c3ccccc3)CC2)c2c1CCC2.O[C@H]1CCNC[C@@H]1F. The van der Waals surface area contributed by atoms with E-state index in [2.05, 4.69) is 15.5 Å². The van der Waals surface area contributed by atoms with Crippen molar-refractivity contribution in [1.82, 2.24) is 39.6 Å². The molecule has 4 aromatic rings. The van der Waals surface area contributed by atoms with E-state index in [1.807, 2.05) is 0 Å². The van der Waals surface area contributed by atoms with Crippen molar-refractivity contribution < 1.29 is 60.8 Å². The van der Waals surface area contributed by atoms with Crippen LogP contribution < -0.4 is 5.32 Å². The van der Waals surface area contributed by atoms with Crippen molar-refractivity contribution in [2.45, 2.75) is 127 Å². The molecule has 0 spiro atoms. The first-order valence-electron chi connectivity index (χ1n) is 25.4. The molecule has 3 amide bonds. The predicted molar refractivity (Wildman–Crippen MR) is 255 cm³/mol. The number of benzene rings is 2. The van der Waals surface area contributed by atoms with Crippen LogP contribution in [0.2, 0.25) is 0 Å². The lowest BCUT2D eigenvalue weighted by Crippen LogP contribution is -2.47. The Morgan fingerprint density at radius 2 is 1.03 bits per heavy atom. The average Bonchev–Trinajstić information content (AvgIpc) is 4.22. The predicted octanol–water partition coefficient (Wildman–Crippen LogP) is 5.73. The molecule has 4 aliphatic heterocycles. The van der Waals surface area contributed by atoms with Crippen molar-refractivity contribution in [3.05, 3.63) is 106 Å². The third-order valence-electron chi connectivity index (χ3n) is 15.2. The molecule has 4 N–H and O–H groups in total. The normalized spacial score (nSPS) is 22.7. The van der Waals surface area contributed by atoms with E-state index in [9.17, 15) is 55.7 Å². The fourth-order valence-corrected chi connectivity index (χ4v) is 10.9. The van der Waals surface area contributed by atoms with Gasteiger partial charge in [-0.15, -0.1) is 0 Å². The molecule has 73 heavy (non-hydrogen) atoms. The number of halogens is 6. The number of amides is 3. The Bertz CT molecular complexity index is 2540. The van der Waals surface area contributed by atoms with Gasteiger partial charge in [0.1, 0.15) is 25.4 Å². The van der Waals surface area contributed by atoms with Crippen molar-refractivity contribution in [1.29, 1.82) is 0 Å². The van der Waals surface area contributed by atoms with Crippen LogP contribution in [0.4, 0.5) is 26.3 Å². The van der Waals surface area contributed by atoms with Crippen molar-refractivity contribution in [3.63, 3.8) is 0 Å². The third-order valence-corrected chi connectivity index (χ3v) is 15.2. The molecule has 4 atom stereocenters. The van der Waals surface area contributed by atoms with Crippen LogP contribution in [0, 0.1) is 11.8 Å². The van der Waals surface area contributed by atoms with Crippen molar-refractivity contribution in [3.8, 4) is 0 Å². The van der Waals surface area contributed by atoms with E-state index in [0.717, 1.165) is 36.3 Å². The lowest BCUT2D eigenvalue weighted by Gasteiger charge is -2.36. The molecule has 0 bridgehead atoms. The average molecular weight is 1030 g/mol. The van der Waals surface area contributed by atoms with E-state index < -0.39 is 54.2 Å². The fourth-order valence-electron chi connectivity index (χ4n) is 10.9. The highest BCUT2D eigenvalue weighted by Crippen LogP contribution is 2.43. The van der Waals surface area contributed by atoms with Crippen LogP contribution >= 0.6 is 0 Å². The number of nitrogens with zero attached hydrogens (tertiary/aromatic N) is 7. The van der Waals surface area contributed by atoms with Gasteiger partial charge in [-0.1, -0.05) is 60.7 Å². The Morgan fingerprint density at radius 1 is 0.589 bits per heavy atom. The number of rotatable bonds is 10. The van der Waals surface area contributed by atoms with Crippen molar-refractivity contribution in [2.24, 2.45) is 11.8 Å². The number of carbonyl (C=O) groups excluding carboxylic acids is 3. The molecule has 2 aromatic heterocycles. The molecule has 6 aliphatic rings. The standard InChI is InChI=1S/C26H31F3N4O3.C21H23F2N3O3.C5H10FNO/c27-20-15-32(14-11-22(20)34)25(36)24-19-7-4-8-21(19)33(30-24)16-23(35)31-12-9-18(10-13-31)26(28,29)17-5-2-1-3-6-17;22-21(23,14-5-2-1-3-6-14)15-9-11-25(12-10-15)18(27)13-26-17-8-4-7-16(17)19(24-26)20(28)29;6-4-3-7-2-1-5(4)8/h1-3,5-6,18,20,22,34H,4,7-16H2;1-3,5-6,15H,4,7-13H2,(H,28,29);4-5,7-8H,1-3H2/t20-,22-;;4-,5-/m0.0/s1. The molecule has 10 rings (SSSR count). The molecule has 2 aliphatic carbocycles. The van der Waals surface area contributed by atoms with Crippen LogP contribution in [0.3, 0.4) is 0 Å². The van der Waals surface area contributed by atoms with Gasteiger partial charge in [0.25, 0.3) is 17.8 Å².